The van der Waals surface area contributed by atoms with E-state index in [1.807, 2.05) is 13.0 Å². The van der Waals surface area contributed by atoms with Crippen molar-refractivity contribution in [1.29, 1.82) is 0 Å². The van der Waals surface area contributed by atoms with Crippen LogP contribution in [0.25, 0.3) is 0 Å². The molecular weight excluding hydrogens is 240 g/mol. The Bertz CT molecular complexity index is 507. The van der Waals surface area contributed by atoms with Gasteiger partial charge in [0.1, 0.15) is 0 Å². The summed E-state index contributed by atoms with van der Waals surface area (Å²) in [4.78, 5) is 2.07. The number of piperazine rings is 1. The van der Waals surface area contributed by atoms with Crippen molar-refractivity contribution >= 4 is 15.8 Å². The van der Waals surface area contributed by atoms with Crippen LogP contribution in [-0.4, -0.2) is 39.1 Å². The first-order chi connectivity index (χ1) is 7.97. The number of hydrogen-bond acceptors (Lipinski definition) is 4. The van der Waals surface area contributed by atoms with E-state index in [1.165, 1.54) is 12.1 Å². The van der Waals surface area contributed by atoms with Crippen molar-refractivity contribution in [3.63, 3.8) is 0 Å². The molecule has 1 saturated heterocycles. The van der Waals surface area contributed by atoms with Crippen LogP contribution in [0.5, 0.6) is 0 Å². The Kier molecular flexibility index (Phi) is 3.37. The molecule has 0 atom stereocenters. The van der Waals surface area contributed by atoms with Crippen LogP contribution in [-0.2, 0) is 10.1 Å². The molecule has 0 radical (unpaired) electrons. The van der Waals surface area contributed by atoms with Crippen molar-refractivity contribution < 1.29 is 13.0 Å². The van der Waals surface area contributed by atoms with Crippen LogP contribution in [0.15, 0.2) is 23.1 Å². The summed E-state index contributed by atoms with van der Waals surface area (Å²) in [5.74, 6) is 0. The second-order valence-corrected chi connectivity index (χ2v) is 5.64. The highest BCUT2D eigenvalue weighted by Crippen LogP contribution is 2.22. The van der Waals surface area contributed by atoms with Crippen LogP contribution in [0.3, 0.4) is 0 Å². The van der Waals surface area contributed by atoms with Gasteiger partial charge in [-0.1, -0.05) is 0 Å². The average molecular weight is 256 g/mol. The fourth-order valence-electron chi connectivity index (χ4n) is 1.98. The number of nitrogens with one attached hydrogen (secondary N) is 1. The molecule has 2 rings (SSSR count). The van der Waals surface area contributed by atoms with E-state index in [4.69, 9.17) is 4.55 Å². The van der Waals surface area contributed by atoms with Crippen LogP contribution in [0, 0.1) is 6.92 Å². The SMILES string of the molecule is Cc1cc(N2CCNCC2)cc(S(=O)(=O)O)c1. The minimum atomic E-state index is -4.13. The summed E-state index contributed by atoms with van der Waals surface area (Å²) >= 11 is 0. The number of rotatable bonds is 2. The Morgan fingerprint density at radius 1 is 1.24 bits per heavy atom. The molecule has 0 amide bonds. The summed E-state index contributed by atoms with van der Waals surface area (Å²) in [5.41, 5.74) is 1.67. The lowest BCUT2D eigenvalue weighted by Gasteiger charge is -2.29. The standard InChI is InChI=1S/C11H16N2O3S/c1-9-6-10(13-4-2-12-3-5-13)8-11(7-9)17(14,15)16/h6-8,12H,2-5H2,1H3,(H,14,15,16). The molecule has 1 aliphatic rings. The molecule has 0 bridgehead atoms. The molecule has 6 heteroatoms. The molecule has 2 N–H and O–H groups in total. The predicted molar refractivity (Wildman–Crippen MR) is 66.1 cm³/mol. The van der Waals surface area contributed by atoms with Crippen LogP contribution >= 0.6 is 0 Å². The molecule has 0 aliphatic carbocycles. The zero-order valence-corrected chi connectivity index (χ0v) is 10.5. The van der Waals surface area contributed by atoms with E-state index >= 15 is 0 Å². The van der Waals surface area contributed by atoms with Gasteiger partial charge in [0, 0.05) is 31.9 Å². The van der Waals surface area contributed by atoms with Crippen LogP contribution in [0.2, 0.25) is 0 Å². The molecule has 94 valence electrons. The molecule has 1 aromatic carbocycles. The van der Waals surface area contributed by atoms with Gasteiger partial charge in [-0.05, 0) is 30.7 Å². The van der Waals surface area contributed by atoms with E-state index in [9.17, 15) is 8.42 Å². The molecule has 0 saturated carbocycles. The van der Waals surface area contributed by atoms with Crippen LogP contribution < -0.4 is 10.2 Å². The quantitative estimate of drug-likeness (QED) is 0.760. The van der Waals surface area contributed by atoms with Crippen molar-refractivity contribution in [2.75, 3.05) is 31.1 Å². The third kappa shape index (κ3) is 2.96. The average Bonchev–Trinajstić information content (AvgIpc) is 2.28. The molecule has 5 nitrogen and oxygen atoms in total. The van der Waals surface area contributed by atoms with E-state index in [0.717, 1.165) is 37.4 Å². The summed E-state index contributed by atoms with van der Waals surface area (Å²) in [6, 6.07) is 4.93. The van der Waals surface area contributed by atoms with E-state index in [0.29, 0.717) is 0 Å². The van der Waals surface area contributed by atoms with Crippen molar-refractivity contribution in [3.05, 3.63) is 23.8 Å². The van der Waals surface area contributed by atoms with Gasteiger partial charge < -0.3 is 10.2 Å². The maximum absolute atomic E-state index is 11.1. The third-order valence-corrected chi connectivity index (χ3v) is 3.65. The van der Waals surface area contributed by atoms with Crippen molar-refractivity contribution in [1.82, 2.24) is 5.32 Å². The summed E-state index contributed by atoms with van der Waals surface area (Å²) in [7, 11) is -4.13. The van der Waals surface area contributed by atoms with Gasteiger partial charge in [-0.3, -0.25) is 4.55 Å². The summed E-state index contributed by atoms with van der Waals surface area (Å²) < 4.78 is 31.4. The monoisotopic (exact) mass is 256 g/mol. The Morgan fingerprint density at radius 2 is 1.88 bits per heavy atom. The topological polar surface area (TPSA) is 69.6 Å². The van der Waals surface area contributed by atoms with Crippen LogP contribution in [0.4, 0.5) is 5.69 Å². The van der Waals surface area contributed by atoms with Gasteiger partial charge in [0.25, 0.3) is 10.1 Å². The minimum Gasteiger partial charge on any atom is -0.369 e. The number of benzene rings is 1. The lowest BCUT2D eigenvalue weighted by molar-refractivity contribution is 0.483. The molecule has 17 heavy (non-hydrogen) atoms. The number of anilines is 1. The molecule has 1 fully saturated rings. The highest BCUT2D eigenvalue weighted by molar-refractivity contribution is 7.85. The first-order valence-corrected chi connectivity index (χ1v) is 6.96. The predicted octanol–water partition coefficient (Wildman–Crippen LogP) is 0.651. The van der Waals surface area contributed by atoms with Gasteiger partial charge >= 0.3 is 0 Å². The van der Waals surface area contributed by atoms with Gasteiger partial charge in [0.05, 0.1) is 4.90 Å². The lowest BCUT2D eigenvalue weighted by atomic mass is 10.2. The molecule has 1 aliphatic heterocycles. The molecule has 0 unspecified atom stereocenters. The van der Waals surface area contributed by atoms with Gasteiger partial charge in [-0.2, -0.15) is 8.42 Å². The summed E-state index contributed by atoms with van der Waals surface area (Å²) in [6.45, 7) is 5.27. The van der Waals surface area contributed by atoms with E-state index in [-0.39, 0.29) is 4.90 Å². The fraction of sp³-hybridized carbons (Fsp3) is 0.455. The van der Waals surface area contributed by atoms with Gasteiger partial charge in [-0.15, -0.1) is 0 Å². The molecule has 1 aromatic rings. The van der Waals surface area contributed by atoms with Crippen molar-refractivity contribution in [2.24, 2.45) is 0 Å². The van der Waals surface area contributed by atoms with Gasteiger partial charge in [0.2, 0.25) is 0 Å². The summed E-state index contributed by atoms with van der Waals surface area (Å²) in [6.07, 6.45) is 0. The smallest absolute Gasteiger partial charge is 0.294 e. The highest BCUT2D eigenvalue weighted by Gasteiger charge is 2.15. The normalized spacial score (nSPS) is 17.2. The van der Waals surface area contributed by atoms with Crippen LogP contribution in [0.1, 0.15) is 5.56 Å². The number of hydrogen-bond donors (Lipinski definition) is 2. The zero-order chi connectivity index (χ0) is 12.5. The third-order valence-electron chi connectivity index (χ3n) is 2.82. The highest BCUT2D eigenvalue weighted by atomic mass is 32.2. The second-order valence-electron chi connectivity index (χ2n) is 4.22. The van der Waals surface area contributed by atoms with Gasteiger partial charge in [-0.25, -0.2) is 0 Å². The number of aryl methyl sites for hydroxylation is 1. The first kappa shape index (κ1) is 12.3. The van der Waals surface area contributed by atoms with Crippen molar-refractivity contribution in [2.45, 2.75) is 11.8 Å². The molecular formula is C11H16N2O3S. The summed E-state index contributed by atoms with van der Waals surface area (Å²) in [5, 5.41) is 3.23. The van der Waals surface area contributed by atoms with Gasteiger partial charge in [0.15, 0.2) is 0 Å². The zero-order valence-electron chi connectivity index (χ0n) is 9.68. The van der Waals surface area contributed by atoms with E-state index in [2.05, 4.69) is 10.2 Å². The Balaban J connectivity index is 2.37. The minimum absolute atomic E-state index is 0.0361. The molecule has 1 heterocycles. The van der Waals surface area contributed by atoms with E-state index < -0.39 is 10.1 Å². The molecule has 0 aromatic heterocycles. The Labute approximate surface area is 101 Å². The van der Waals surface area contributed by atoms with E-state index in [1.54, 1.807) is 0 Å². The molecule has 0 spiro atoms. The lowest BCUT2D eigenvalue weighted by Crippen LogP contribution is -2.43. The fourth-order valence-corrected chi connectivity index (χ4v) is 2.59. The number of nitrogens with zero attached hydrogens (tertiary/aromatic N) is 1. The maximum atomic E-state index is 11.1. The maximum Gasteiger partial charge on any atom is 0.294 e. The Morgan fingerprint density at radius 3 is 2.47 bits per heavy atom. The first-order valence-electron chi connectivity index (χ1n) is 5.52. The Hall–Kier alpha value is -1.11. The largest absolute Gasteiger partial charge is 0.369 e. The van der Waals surface area contributed by atoms with Crippen molar-refractivity contribution in [3.8, 4) is 0 Å². The second kappa shape index (κ2) is 4.64.